The van der Waals surface area contributed by atoms with Gasteiger partial charge < -0.3 is 0 Å². The van der Waals surface area contributed by atoms with Gasteiger partial charge in [-0.05, 0) is 48.4 Å². The van der Waals surface area contributed by atoms with Crippen molar-refractivity contribution in [2.75, 3.05) is 4.90 Å². The van der Waals surface area contributed by atoms with Gasteiger partial charge in [0, 0.05) is 4.47 Å². The molecule has 0 aromatic heterocycles. The van der Waals surface area contributed by atoms with E-state index in [2.05, 4.69) is 15.9 Å². The zero-order chi connectivity index (χ0) is 17.1. The molecule has 24 heavy (non-hydrogen) atoms. The van der Waals surface area contributed by atoms with Gasteiger partial charge in [0.25, 0.3) is 5.91 Å². The van der Waals surface area contributed by atoms with Crippen LogP contribution in [0, 0.1) is 0 Å². The van der Waals surface area contributed by atoms with E-state index in [1.807, 2.05) is 73.7 Å². The summed E-state index contributed by atoms with van der Waals surface area (Å²) < 4.78 is 1.52. The molecule has 120 valence electrons. The summed E-state index contributed by atoms with van der Waals surface area (Å²) in [6, 6.07) is 17.6. The van der Waals surface area contributed by atoms with Gasteiger partial charge in [-0.15, -0.1) is 0 Å². The lowest BCUT2D eigenvalue weighted by molar-refractivity contribution is -0.113. The van der Waals surface area contributed by atoms with Gasteiger partial charge in [0.15, 0.2) is 4.32 Å². The van der Waals surface area contributed by atoms with Crippen molar-refractivity contribution in [3.63, 3.8) is 0 Å². The lowest BCUT2D eigenvalue weighted by Gasteiger charge is -2.14. The Bertz CT molecular complexity index is 841. The van der Waals surface area contributed by atoms with E-state index >= 15 is 0 Å². The first-order chi connectivity index (χ1) is 11.5. The van der Waals surface area contributed by atoms with E-state index in [1.54, 1.807) is 4.90 Å². The van der Waals surface area contributed by atoms with Crippen LogP contribution in [-0.2, 0) is 4.79 Å². The Morgan fingerprint density at radius 2 is 1.79 bits per heavy atom. The molecule has 1 aliphatic heterocycles. The Balaban J connectivity index is 1.85. The van der Waals surface area contributed by atoms with Crippen molar-refractivity contribution < 1.29 is 4.79 Å². The van der Waals surface area contributed by atoms with Crippen LogP contribution in [0.1, 0.15) is 12.5 Å². The SMILES string of the molecule is CC(=C/c1ccccc1)/C=C1\SC(=S)N(c2ccc(Br)cc2)C1=O. The molecule has 1 aliphatic rings. The van der Waals surface area contributed by atoms with Gasteiger partial charge in [0.1, 0.15) is 0 Å². The molecule has 0 atom stereocenters. The van der Waals surface area contributed by atoms with E-state index < -0.39 is 0 Å². The first-order valence-corrected chi connectivity index (χ1v) is 9.33. The average Bonchev–Trinajstić information content (AvgIpc) is 2.83. The maximum Gasteiger partial charge on any atom is 0.270 e. The number of carbonyl (C=O) groups excluding carboxylic acids is 1. The zero-order valence-electron chi connectivity index (χ0n) is 12.9. The number of hydrogen-bond acceptors (Lipinski definition) is 3. The maximum absolute atomic E-state index is 12.7. The number of rotatable bonds is 3. The van der Waals surface area contributed by atoms with Gasteiger partial charge >= 0.3 is 0 Å². The quantitative estimate of drug-likeness (QED) is 0.466. The minimum Gasteiger partial charge on any atom is -0.268 e. The second-order valence-electron chi connectivity index (χ2n) is 5.29. The molecule has 3 rings (SSSR count). The van der Waals surface area contributed by atoms with Crippen LogP contribution in [-0.4, -0.2) is 10.2 Å². The predicted octanol–water partition coefficient (Wildman–Crippen LogP) is 5.80. The third-order valence-electron chi connectivity index (χ3n) is 3.43. The number of halogens is 1. The van der Waals surface area contributed by atoms with Gasteiger partial charge in [0.05, 0.1) is 10.6 Å². The Morgan fingerprint density at radius 3 is 2.46 bits per heavy atom. The molecule has 1 heterocycles. The largest absolute Gasteiger partial charge is 0.270 e. The van der Waals surface area contributed by atoms with Crippen molar-refractivity contribution in [1.29, 1.82) is 0 Å². The van der Waals surface area contributed by atoms with E-state index in [0.717, 1.165) is 21.3 Å². The topological polar surface area (TPSA) is 20.3 Å². The monoisotopic (exact) mass is 415 g/mol. The molecule has 0 radical (unpaired) electrons. The summed E-state index contributed by atoms with van der Waals surface area (Å²) in [5.74, 6) is -0.0758. The standard InChI is InChI=1S/C19H14BrNOS2/c1-13(11-14-5-3-2-4-6-14)12-17-18(22)21(19(23)24-17)16-9-7-15(20)8-10-16/h2-12H,1H3/b13-11-,17-12-. The molecular weight excluding hydrogens is 402 g/mol. The molecule has 0 bridgehead atoms. The minimum atomic E-state index is -0.0758. The summed E-state index contributed by atoms with van der Waals surface area (Å²) in [6.07, 6.45) is 3.94. The van der Waals surface area contributed by atoms with Crippen LogP contribution in [0.5, 0.6) is 0 Å². The number of allylic oxidation sites excluding steroid dienone is 2. The van der Waals surface area contributed by atoms with Crippen molar-refractivity contribution in [1.82, 2.24) is 0 Å². The lowest BCUT2D eigenvalue weighted by atomic mass is 10.1. The molecule has 0 aliphatic carbocycles. The van der Waals surface area contributed by atoms with Crippen LogP contribution in [0.3, 0.4) is 0 Å². The normalized spacial score (nSPS) is 17.0. The fourth-order valence-electron chi connectivity index (χ4n) is 2.34. The third kappa shape index (κ3) is 3.86. The number of amides is 1. The summed E-state index contributed by atoms with van der Waals surface area (Å²) in [5.41, 5.74) is 2.90. The first kappa shape index (κ1) is 17.1. The van der Waals surface area contributed by atoms with E-state index in [9.17, 15) is 4.79 Å². The summed E-state index contributed by atoms with van der Waals surface area (Å²) in [6.45, 7) is 1.99. The second-order valence-corrected chi connectivity index (χ2v) is 7.88. The molecule has 1 saturated heterocycles. The fraction of sp³-hybridized carbons (Fsp3) is 0.0526. The lowest BCUT2D eigenvalue weighted by Crippen LogP contribution is -2.27. The molecule has 0 saturated carbocycles. The highest BCUT2D eigenvalue weighted by Crippen LogP contribution is 2.36. The van der Waals surface area contributed by atoms with Crippen molar-refractivity contribution in [2.45, 2.75) is 6.92 Å². The van der Waals surface area contributed by atoms with Crippen LogP contribution < -0.4 is 4.90 Å². The highest BCUT2D eigenvalue weighted by atomic mass is 79.9. The van der Waals surface area contributed by atoms with E-state index in [0.29, 0.717) is 9.23 Å². The van der Waals surface area contributed by atoms with Gasteiger partial charge in [0.2, 0.25) is 0 Å². The first-order valence-electron chi connectivity index (χ1n) is 7.31. The Hall–Kier alpha value is -1.69. The molecule has 2 aromatic carbocycles. The second kappa shape index (κ2) is 7.47. The van der Waals surface area contributed by atoms with E-state index in [-0.39, 0.29) is 5.91 Å². The van der Waals surface area contributed by atoms with Gasteiger partial charge in [-0.25, -0.2) is 0 Å². The maximum atomic E-state index is 12.7. The Kier molecular flexibility index (Phi) is 5.33. The molecule has 1 amide bonds. The zero-order valence-corrected chi connectivity index (χ0v) is 16.1. The third-order valence-corrected chi connectivity index (χ3v) is 5.26. The van der Waals surface area contributed by atoms with Crippen LogP contribution in [0.25, 0.3) is 6.08 Å². The summed E-state index contributed by atoms with van der Waals surface area (Å²) in [5, 5.41) is 0. The number of hydrogen-bond donors (Lipinski definition) is 0. The van der Waals surface area contributed by atoms with Crippen LogP contribution in [0.4, 0.5) is 5.69 Å². The van der Waals surface area contributed by atoms with E-state index in [4.69, 9.17) is 12.2 Å². The van der Waals surface area contributed by atoms with Crippen molar-refractivity contribution >= 4 is 61.9 Å². The van der Waals surface area contributed by atoms with Crippen molar-refractivity contribution in [3.05, 3.63) is 81.2 Å². The summed E-state index contributed by atoms with van der Waals surface area (Å²) in [7, 11) is 0. The number of carbonyl (C=O) groups is 1. The number of benzene rings is 2. The minimum absolute atomic E-state index is 0.0758. The molecular formula is C19H14BrNOS2. The fourth-order valence-corrected chi connectivity index (χ4v) is 3.95. The smallest absolute Gasteiger partial charge is 0.268 e. The van der Waals surface area contributed by atoms with Crippen LogP contribution in [0.2, 0.25) is 0 Å². The highest BCUT2D eigenvalue weighted by molar-refractivity contribution is 9.10. The van der Waals surface area contributed by atoms with Crippen LogP contribution >= 0.6 is 39.9 Å². The molecule has 0 N–H and O–H groups in total. The highest BCUT2D eigenvalue weighted by Gasteiger charge is 2.33. The van der Waals surface area contributed by atoms with Crippen molar-refractivity contribution in [3.8, 4) is 0 Å². The molecule has 2 aromatic rings. The van der Waals surface area contributed by atoms with Gasteiger partial charge in [-0.3, -0.25) is 9.69 Å². The summed E-state index contributed by atoms with van der Waals surface area (Å²) >= 11 is 10.1. The Morgan fingerprint density at radius 1 is 1.12 bits per heavy atom. The van der Waals surface area contributed by atoms with E-state index in [1.165, 1.54) is 11.8 Å². The molecule has 5 heteroatoms. The summed E-state index contributed by atoms with van der Waals surface area (Å²) in [4.78, 5) is 14.9. The Labute approximate surface area is 159 Å². The van der Waals surface area contributed by atoms with Crippen LogP contribution in [0.15, 0.2) is 75.6 Å². The van der Waals surface area contributed by atoms with Gasteiger partial charge in [-0.2, -0.15) is 0 Å². The molecule has 2 nitrogen and oxygen atoms in total. The number of thioether (sulfide) groups is 1. The van der Waals surface area contributed by atoms with Crippen molar-refractivity contribution in [2.24, 2.45) is 0 Å². The number of anilines is 1. The predicted molar refractivity (Wildman–Crippen MR) is 110 cm³/mol. The molecule has 0 unspecified atom stereocenters. The van der Waals surface area contributed by atoms with Gasteiger partial charge in [-0.1, -0.05) is 76.3 Å². The average molecular weight is 416 g/mol. The number of nitrogens with zero attached hydrogens (tertiary/aromatic N) is 1. The molecule has 0 spiro atoms. The molecule has 1 fully saturated rings. The number of thiocarbonyl (C=S) groups is 1.